The Hall–Kier alpha value is -4.29. The van der Waals surface area contributed by atoms with Gasteiger partial charge in [-0.3, -0.25) is 14.9 Å². The van der Waals surface area contributed by atoms with Crippen LogP contribution in [0, 0.1) is 18.6 Å². The van der Waals surface area contributed by atoms with Gasteiger partial charge >= 0.3 is 6.09 Å². The number of fused-ring (bicyclic) bond motifs is 4. The average Bonchev–Trinajstić information content (AvgIpc) is 3.26. The fourth-order valence-corrected chi connectivity index (χ4v) is 4.69. The normalized spacial score (nSPS) is 17.2. The van der Waals surface area contributed by atoms with E-state index in [2.05, 4.69) is 31.2 Å². The second-order valence-corrected chi connectivity index (χ2v) is 10.2. The van der Waals surface area contributed by atoms with Crippen molar-refractivity contribution in [1.82, 2.24) is 20.6 Å². The van der Waals surface area contributed by atoms with E-state index < -0.39 is 35.2 Å². The maximum absolute atomic E-state index is 14.5. The minimum absolute atomic E-state index is 0.112. The summed E-state index contributed by atoms with van der Waals surface area (Å²) >= 11 is 6.53. The van der Waals surface area contributed by atoms with E-state index in [-0.39, 0.29) is 41.5 Å². The van der Waals surface area contributed by atoms with Crippen molar-refractivity contribution in [2.24, 2.45) is 0 Å². The minimum Gasteiger partial charge on any atom is -0.443 e. The van der Waals surface area contributed by atoms with Crippen molar-refractivity contribution < 1.29 is 27.9 Å². The summed E-state index contributed by atoms with van der Waals surface area (Å²) in [6.07, 6.45) is 3.43. The Labute approximate surface area is 238 Å². The molecule has 2 aliphatic heterocycles. The third kappa shape index (κ3) is 6.55. The van der Waals surface area contributed by atoms with E-state index in [0.29, 0.717) is 42.0 Å². The van der Waals surface area contributed by atoms with Gasteiger partial charge in [0.25, 0.3) is 5.91 Å². The Bertz CT molecular complexity index is 1510. The van der Waals surface area contributed by atoms with Gasteiger partial charge in [-0.05, 0) is 55.7 Å². The summed E-state index contributed by atoms with van der Waals surface area (Å²) in [5.74, 6) is -2.94. The number of halogens is 3. The number of carbonyl (C=O) groups is 3. The molecule has 5 N–H and O–H groups in total. The standard InChI is InChI=1S/C28H27ClF2N6O4/c1-14-9-18(30)23(19(31)10-14)27(39)35-20-5-3-2-4-6-22(38)34-21-11-15(33-28(40)41-16-12-32-13-16)7-8-17(21)24-25(29)37-26(20)36-24/h2-3,7-11,16,20,32H,4-6,12-13H2,1H3,(H,33,40)(H,34,38)(H,35,39)(H,36,37)/t20-/m0/s1. The molecular weight excluding hydrogens is 558 g/mol. The molecule has 0 saturated carbocycles. The Morgan fingerprint density at radius 1 is 1.12 bits per heavy atom. The van der Waals surface area contributed by atoms with Gasteiger partial charge in [-0.1, -0.05) is 23.8 Å². The van der Waals surface area contributed by atoms with Gasteiger partial charge in [0.15, 0.2) is 0 Å². The summed E-state index contributed by atoms with van der Waals surface area (Å²) < 4.78 is 34.3. The summed E-state index contributed by atoms with van der Waals surface area (Å²) in [6.45, 7) is 2.69. The highest BCUT2D eigenvalue weighted by Gasteiger charge is 2.26. The third-order valence-corrected chi connectivity index (χ3v) is 6.89. The molecule has 5 rings (SSSR count). The number of amides is 3. The number of H-pyrrole nitrogens is 1. The maximum Gasteiger partial charge on any atom is 0.411 e. The molecule has 2 aromatic carbocycles. The van der Waals surface area contributed by atoms with Crippen molar-refractivity contribution in [1.29, 1.82) is 0 Å². The zero-order chi connectivity index (χ0) is 29.1. The number of anilines is 2. The molecule has 3 heterocycles. The largest absolute Gasteiger partial charge is 0.443 e. The molecule has 2 aliphatic rings. The summed E-state index contributed by atoms with van der Waals surface area (Å²) in [7, 11) is 0. The predicted molar refractivity (Wildman–Crippen MR) is 149 cm³/mol. The van der Waals surface area contributed by atoms with Crippen LogP contribution in [0.15, 0.2) is 42.5 Å². The molecule has 0 unspecified atom stereocenters. The molecule has 13 heteroatoms. The highest BCUT2D eigenvalue weighted by atomic mass is 35.5. The minimum atomic E-state index is -0.977. The molecule has 3 amide bonds. The number of carbonyl (C=O) groups excluding carboxylic acids is 3. The number of imidazole rings is 1. The fourth-order valence-electron chi connectivity index (χ4n) is 4.45. The van der Waals surface area contributed by atoms with Crippen LogP contribution >= 0.6 is 11.6 Å². The topological polar surface area (TPSA) is 137 Å². The van der Waals surface area contributed by atoms with Crippen molar-refractivity contribution in [3.63, 3.8) is 0 Å². The SMILES string of the molecule is Cc1cc(F)c(C(=O)N[C@H]2CC=CCCC(=O)Nc3cc(NC(=O)OC4CNC4)ccc3-c3nc2[nH]c3Cl)c(F)c1. The van der Waals surface area contributed by atoms with Crippen LogP contribution in [0.5, 0.6) is 0 Å². The summed E-state index contributed by atoms with van der Waals surface area (Å²) in [6, 6.07) is 6.14. The van der Waals surface area contributed by atoms with Gasteiger partial charge in [0.1, 0.15) is 40.0 Å². The van der Waals surface area contributed by atoms with Crippen molar-refractivity contribution in [3.8, 4) is 11.3 Å². The number of hydrogen-bond donors (Lipinski definition) is 5. The van der Waals surface area contributed by atoms with Crippen molar-refractivity contribution >= 4 is 40.9 Å². The number of nitrogens with zero attached hydrogens (tertiary/aromatic N) is 1. The van der Waals surface area contributed by atoms with E-state index in [9.17, 15) is 23.2 Å². The number of benzene rings is 2. The van der Waals surface area contributed by atoms with Gasteiger partial charge in [0, 0.05) is 30.8 Å². The summed E-state index contributed by atoms with van der Waals surface area (Å²) in [5.41, 5.74) is 1.07. The molecule has 1 saturated heterocycles. The number of allylic oxidation sites excluding steroid dienone is 1. The first kappa shape index (κ1) is 28.2. The molecule has 1 aromatic heterocycles. The van der Waals surface area contributed by atoms with Crippen LogP contribution in [-0.2, 0) is 9.53 Å². The van der Waals surface area contributed by atoms with E-state index in [1.165, 1.54) is 6.92 Å². The smallest absolute Gasteiger partial charge is 0.411 e. The molecule has 0 aliphatic carbocycles. The summed E-state index contributed by atoms with van der Waals surface area (Å²) in [4.78, 5) is 45.5. The van der Waals surface area contributed by atoms with Gasteiger partial charge in [-0.25, -0.2) is 18.6 Å². The van der Waals surface area contributed by atoms with Crippen LogP contribution in [0.2, 0.25) is 5.15 Å². The molecule has 0 spiro atoms. The van der Waals surface area contributed by atoms with Crippen LogP contribution in [0.1, 0.15) is 47.1 Å². The number of aromatic nitrogens is 2. The van der Waals surface area contributed by atoms with Crippen LogP contribution in [0.3, 0.4) is 0 Å². The molecule has 1 fully saturated rings. The van der Waals surface area contributed by atoms with Gasteiger partial charge in [0.05, 0.1) is 11.7 Å². The van der Waals surface area contributed by atoms with E-state index in [1.807, 2.05) is 0 Å². The quantitative estimate of drug-likeness (QED) is 0.274. The number of aromatic amines is 1. The maximum atomic E-state index is 14.5. The summed E-state index contributed by atoms with van der Waals surface area (Å²) in [5, 5.41) is 11.3. The Morgan fingerprint density at radius 3 is 2.59 bits per heavy atom. The number of aryl methyl sites for hydroxylation is 1. The number of rotatable bonds is 4. The lowest BCUT2D eigenvalue weighted by atomic mass is 10.1. The molecule has 2 bridgehead atoms. The molecule has 10 nitrogen and oxygen atoms in total. The van der Waals surface area contributed by atoms with Crippen molar-refractivity contribution in [3.05, 3.63) is 76.2 Å². The van der Waals surface area contributed by atoms with Crippen LogP contribution < -0.4 is 21.3 Å². The first-order chi connectivity index (χ1) is 19.7. The Kier molecular flexibility index (Phi) is 8.31. The first-order valence-electron chi connectivity index (χ1n) is 13.0. The lowest BCUT2D eigenvalue weighted by molar-refractivity contribution is -0.116. The highest BCUT2D eigenvalue weighted by Crippen LogP contribution is 2.36. The van der Waals surface area contributed by atoms with Gasteiger partial charge in [0.2, 0.25) is 5.91 Å². The molecule has 1 atom stereocenters. The molecule has 41 heavy (non-hydrogen) atoms. The van der Waals surface area contributed by atoms with Gasteiger partial charge in [-0.2, -0.15) is 0 Å². The number of ether oxygens (including phenoxy) is 1. The Balaban J connectivity index is 1.46. The van der Waals surface area contributed by atoms with Gasteiger partial charge in [-0.15, -0.1) is 0 Å². The predicted octanol–water partition coefficient (Wildman–Crippen LogP) is 4.99. The van der Waals surface area contributed by atoms with Crippen molar-refractivity contribution in [2.45, 2.75) is 38.3 Å². The van der Waals surface area contributed by atoms with Gasteiger partial charge < -0.3 is 25.7 Å². The Morgan fingerprint density at radius 2 is 1.88 bits per heavy atom. The zero-order valence-electron chi connectivity index (χ0n) is 21.9. The first-order valence-corrected chi connectivity index (χ1v) is 13.3. The zero-order valence-corrected chi connectivity index (χ0v) is 22.7. The third-order valence-electron chi connectivity index (χ3n) is 6.62. The monoisotopic (exact) mass is 584 g/mol. The van der Waals surface area contributed by atoms with E-state index in [4.69, 9.17) is 16.3 Å². The fraction of sp³-hybridized carbons (Fsp3) is 0.286. The van der Waals surface area contributed by atoms with E-state index >= 15 is 0 Å². The molecule has 0 radical (unpaired) electrons. The van der Waals surface area contributed by atoms with E-state index in [0.717, 1.165) is 12.1 Å². The molecule has 3 aromatic rings. The van der Waals surface area contributed by atoms with Crippen molar-refractivity contribution in [2.75, 3.05) is 23.7 Å². The molecular formula is C28H27ClF2N6O4. The van der Waals surface area contributed by atoms with Crippen LogP contribution in [0.4, 0.5) is 25.0 Å². The van der Waals surface area contributed by atoms with E-state index in [1.54, 1.807) is 30.4 Å². The average molecular weight is 585 g/mol. The van der Waals surface area contributed by atoms with Crippen LogP contribution in [-0.4, -0.2) is 47.1 Å². The lowest BCUT2D eigenvalue weighted by Crippen LogP contribution is -2.49. The van der Waals surface area contributed by atoms with Crippen LogP contribution in [0.25, 0.3) is 11.3 Å². The lowest BCUT2D eigenvalue weighted by Gasteiger charge is -2.26. The highest BCUT2D eigenvalue weighted by molar-refractivity contribution is 6.32. The second kappa shape index (κ2) is 12.1. The molecule has 214 valence electrons. The number of hydrogen-bond acceptors (Lipinski definition) is 6. The second-order valence-electron chi connectivity index (χ2n) is 9.78. The number of nitrogens with one attached hydrogen (secondary N) is 5.